The van der Waals surface area contributed by atoms with Crippen LogP contribution in [0.25, 0.3) is 0 Å². The molecule has 1 heterocycles. The fraction of sp³-hybridized carbons (Fsp3) is 0.630. The van der Waals surface area contributed by atoms with E-state index < -0.39 is 0 Å². The third kappa shape index (κ3) is 3.16. The Morgan fingerprint density at radius 2 is 1.94 bits per heavy atom. The van der Waals surface area contributed by atoms with Crippen LogP contribution in [0.5, 0.6) is 0 Å². The highest BCUT2D eigenvalue weighted by atomic mass is 35.5. The van der Waals surface area contributed by atoms with E-state index in [1.807, 2.05) is 36.2 Å². The van der Waals surface area contributed by atoms with Gasteiger partial charge in [0.15, 0.2) is 0 Å². The van der Waals surface area contributed by atoms with E-state index >= 15 is 0 Å². The third-order valence-electron chi connectivity index (χ3n) is 9.72. The van der Waals surface area contributed by atoms with Crippen molar-refractivity contribution in [3.8, 4) is 0 Å². The van der Waals surface area contributed by atoms with Crippen molar-refractivity contribution in [2.75, 3.05) is 12.4 Å². The number of halogens is 1. The van der Waals surface area contributed by atoms with Crippen molar-refractivity contribution < 1.29 is 9.59 Å². The minimum absolute atomic E-state index is 0.0361. The van der Waals surface area contributed by atoms with Crippen LogP contribution in [-0.4, -0.2) is 23.8 Å². The van der Waals surface area contributed by atoms with Gasteiger partial charge in [-0.15, -0.1) is 0 Å². The van der Waals surface area contributed by atoms with E-state index in [1.54, 1.807) is 0 Å². The lowest BCUT2D eigenvalue weighted by Gasteiger charge is -2.59. The highest BCUT2D eigenvalue weighted by Crippen LogP contribution is 2.66. The van der Waals surface area contributed by atoms with Gasteiger partial charge in [0.1, 0.15) is 0 Å². The van der Waals surface area contributed by atoms with E-state index in [2.05, 4.69) is 26.1 Å². The summed E-state index contributed by atoms with van der Waals surface area (Å²) in [5.41, 5.74) is 3.59. The number of nitrogens with zero attached hydrogens (tertiary/aromatic N) is 1. The molecule has 2 saturated carbocycles. The van der Waals surface area contributed by atoms with Gasteiger partial charge in [0.05, 0.1) is 0 Å². The number of amides is 2. The molecule has 172 valence electrons. The molecule has 5 rings (SSSR count). The lowest BCUT2D eigenvalue weighted by atomic mass is 9.48. The van der Waals surface area contributed by atoms with Gasteiger partial charge < -0.3 is 10.2 Å². The lowest BCUT2D eigenvalue weighted by molar-refractivity contribution is -0.137. The van der Waals surface area contributed by atoms with Crippen molar-refractivity contribution in [3.63, 3.8) is 0 Å². The number of fused-ring (bicyclic) bond motifs is 5. The zero-order valence-electron chi connectivity index (χ0n) is 19.7. The summed E-state index contributed by atoms with van der Waals surface area (Å²) in [5, 5.41) is 3.79. The molecule has 0 aromatic heterocycles. The first kappa shape index (κ1) is 22.0. The first-order chi connectivity index (χ1) is 15.1. The molecule has 0 spiro atoms. The van der Waals surface area contributed by atoms with E-state index in [9.17, 15) is 9.59 Å². The molecule has 3 aliphatic carbocycles. The molecule has 0 bridgehead atoms. The predicted molar refractivity (Wildman–Crippen MR) is 128 cm³/mol. The standard InChI is InChI=1S/C27H35ClN2O2/c1-16-14-19-20-8-9-22(25(32)29-18-7-5-6-17(28)15-18)26(20,2)12-10-21(19)27(3)13-11-23(31)30(4)24(16)27/h5-7,15,19-22H,8-14H2,1-4H3,(H,29,32)/t19-,20-,21+,22?,26-,27+/m0/s1. The Morgan fingerprint density at radius 1 is 1.16 bits per heavy atom. The molecule has 3 fully saturated rings. The largest absolute Gasteiger partial charge is 0.326 e. The minimum Gasteiger partial charge on any atom is -0.326 e. The smallest absolute Gasteiger partial charge is 0.228 e. The molecule has 1 aromatic carbocycles. The molecule has 4 aliphatic rings. The van der Waals surface area contributed by atoms with Crippen molar-refractivity contribution in [1.82, 2.24) is 4.90 Å². The molecular weight excluding hydrogens is 420 g/mol. The number of benzene rings is 1. The predicted octanol–water partition coefficient (Wildman–Crippen LogP) is 6.27. The number of anilines is 1. The lowest BCUT2D eigenvalue weighted by Crippen LogP contribution is -2.54. The molecule has 1 aliphatic heterocycles. The van der Waals surface area contributed by atoms with Gasteiger partial charge in [-0.25, -0.2) is 0 Å². The van der Waals surface area contributed by atoms with Gasteiger partial charge in [0.2, 0.25) is 11.8 Å². The first-order valence-electron chi connectivity index (χ1n) is 12.2. The van der Waals surface area contributed by atoms with Crippen LogP contribution in [0.2, 0.25) is 5.02 Å². The third-order valence-corrected chi connectivity index (χ3v) is 9.95. The fourth-order valence-electron chi connectivity index (χ4n) is 8.34. The van der Waals surface area contributed by atoms with Gasteiger partial charge in [-0.05, 0) is 86.8 Å². The normalized spacial score (nSPS) is 38.8. The number of piperidine rings is 1. The number of carbonyl (C=O) groups is 2. The summed E-state index contributed by atoms with van der Waals surface area (Å²) in [4.78, 5) is 27.8. The van der Waals surface area contributed by atoms with Gasteiger partial charge in [-0.1, -0.05) is 37.1 Å². The van der Waals surface area contributed by atoms with Crippen LogP contribution in [0.1, 0.15) is 65.7 Å². The molecule has 5 heteroatoms. The van der Waals surface area contributed by atoms with Crippen LogP contribution in [0.15, 0.2) is 35.5 Å². The summed E-state index contributed by atoms with van der Waals surface area (Å²) in [6, 6.07) is 7.44. The van der Waals surface area contributed by atoms with Crippen LogP contribution >= 0.6 is 11.6 Å². The molecule has 1 aromatic rings. The maximum Gasteiger partial charge on any atom is 0.228 e. The maximum atomic E-state index is 13.4. The van der Waals surface area contributed by atoms with E-state index in [4.69, 9.17) is 11.6 Å². The number of likely N-dealkylation sites (tertiary alicyclic amines) is 1. The summed E-state index contributed by atoms with van der Waals surface area (Å²) in [7, 11) is 1.97. The zero-order valence-corrected chi connectivity index (χ0v) is 20.5. The molecule has 2 amide bonds. The van der Waals surface area contributed by atoms with E-state index in [1.165, 1.54) is 11.3 Å². The Hall–Kier alpha value is -1.81. The van der Waals surface area contributed by atoms with Crippen molar-refractivity contribution in [2.45, 2.75) is 65.7 Å². The maximum absolute atomic E-state index is 13.4. The quantitative estimate of drug-likeness (QED) is 0.572. The second-order valence-electron chi connectivity index (χ2n) is 11.3. The summed E-state index contributed by atoms with van der Waals surface area (Å²) >= 11 is 6.12. The number of hydrogen-bond acceptors (Lipinski definition) is 2. The number of allylic oxidation sites excluding steroid dienone is 2. The monoisotopic (exact) mass is 454 g/mol. The topological polar surface area (TPSA) is 49.4 Å². The van der Waals surface area contributed by atoms with E-state index in [-0.39, 0.29) is 28.6 Å². The Labute approximate surface area is 196 Å². The van der Waals surface area contributed by atoms with Crippen LogP contribution in [0.3, 0.4) is 0 Å². The van der Waals surface area contributed by atoms with Gasteiger partial charge in [0, 0.05) is 41.2 Å². The number of rotatable bonds is 2. The van der Waals surface area contributed by atoms with E-state index in [0.29, 0.717) is 29.2 Å². The zero-order chi connectivity index (χ0) is 22.8. The first-order valence-corrected chi connectivity index (χ1v) is 12.6. The van der Waals surface area contributed by atoms with Gasteiger partial charge in [0.25, 0.3) is 0 Å². The Bertz CT molecular complexity index is 1000. The van der Waals surface area contributed by atoms with Crippen LogP contribution < -0.4 is 5.32 Å². The molecule has 0 radical (unpaired) electrons. The fourth-order valence-corrected chi connectivity index (χ4v) is 8.53. The molecule has 1 unspecified atom stereocenters. The highest BCUT2D eigenvalue weighted by Gasteiger charge is 2.61. The molecule has 6 atom stereocenters. The second-order valence-corrected chi connectivity index (χ2v) is 11.7. The van der Waals surface area contributed by atoms with Crippen molar-refractivity contribution in [1.29, 1.82) is 0 Å². The van der Waals surface area contributed by atoms with Crippen LogP contribution in [0, 0.1) is 34.5 Å². The Kier molecular flexibility index (Phi) is 5.24. The number of carbonyl (C=O) groups excluding carboxylic acids is 2. The summed E-state index contributed by atoms with van der Waals surface area (Å²) in [6.07, 6.45) is 7.00. The molecule has 1 saturated heterocycles. The minimum atomic E-state index is 0.0361. The van der Waals surface area contributed by atoms with Crippen molar-refractivity contribution >= 4 is 29.1 Å². The molecule has 1 N–H and O–H groups in total. The number of hydrogen-bond donors (Lipinski definition) is 1. The Balaban J connectivity index is 1.42. The summed E-state index contributed by atoms with van der Waals surface area (Å²) < 4.78 is 0. The average molecular weight is 455 g/mol. The average Bonchev–Trinajstić information content (AvgIpc) is 3.09. The SMILES string of the molecule is CC1=C2N(C)C(=O)CC[C@]2(C)[C@@H]2CC[C@]3(C)C(C(=O)Nc4cccc(Cl)c4)CC[C@H]3[C@@H]2C1. The van der Waals surface area contributed by atoms with Gasteiger partial charge in [-0.2, -0.15) is 0 Å². The number of nitrogens with one attached hydrogen (secondary N) is 1. The Morgan fingerprint density at radius 3 is 2.69 bits per heavy atom. The molecule has 32 heavy (non-hydrogen) atoms. The van der Waals surface area contributed by atoms with Crippen molar-refractivity contribution in [2.24, 2.45) is 34.5 Å². The van der Waals surface area contributed by atoms with Gasteiger partial charge >= 0.3 is 0 Å². The highest BCUT2D eigenvalue weighted by molar-refractivity contribution is 6.30. The second kappa shape index (κ2) is 7.62. The van der Waals surface area contributed by atoms with Gasteiger partial charge in [-0.3, -0.25) is 9.59 Å². The summed E-state index contributed by atoms with van der Waals surface area (Å²) in [5.74, 6) is 2.22. The molecule has 4 nitrogen and oxygen atoms in total. The van der Waals surface area contributed by atoms with E-state index in [0.717, 1.165) is 44.2 Å². The molecular formula is C27H35ClN2O2. The van der Waals surface area contributed by atoms with Crippen LogP contribution in [0.4, 0.5) is 5.69 Å². The van der Waals surface area contributed by atoms with Crippen LogP contribution in [-0.2, 0) is 9.59 Å². The summed E-state index contributed by atoms with van der Waals surface area (Å²) in [6.45, 7) is 7.02. The van der Waals surface area contributed by atoms with Crippen molar-refractivity contribution in [3.05, 3.63) is 40.6 Å².